The van der Waals surface area contributed by atoms with Crippen LogP contribution in [0.3, 0.4) is 0 Å². The van der Waals surface area contributed by atoms with Gasteiger partial charge < -0.3 is 9.47 Å². The van der Waals surface area contributed by atoms with Gasteiger partial charge in [0.1, 0.15) is 5.75 Å². The molecule has 6 heteroatoms. The van der Waals surface area contributed by atoms with E-state index >= 15 is 0 Å². The van der Waals surface area contributed by atoms with E-state index in [0.717, 1.165) is 44.9 Å². The Kier molecular flexibility index (Phi) is 8.91. The number of halogens is 3. The van der Waals surface area contributed by atoms with Gasteiger partial charge in [0, 0.05) is 0 Å². The van der Waals surface area contributed by atoms with Crippen molar-refractivity contribution in [2.24, 2.45) is 5.92 Å². The summed E-state index contributed by atoms with van der Waals surface area (Å²) in [6.07, 6.45) is 6.55. The zero-order valence-corrected chi connectivity index (χ0v) is 21.4. The molecule has 0 heterocycles. The summed E-state index contributed by atoms with van der Waals surface area (Å²) < 4.78 is 54.9. The molecule has 0 N–H and O–H groups in total. The lowest BCUT2D eigenvalue weighted by atomic mass is 9.79. The van der Waals surface area contributed by atoms with Crippen molar-refractivity contribution in [1.82, 2.24) is 0 Å². The van der Waals surface area contributed by atoms with E-state index in [0.29, 0.717) is 29.2 Å². The highest BCUT2D eigenvalue weighted by Crippen LogP contribution is 2.37. The van der Waals surface area contributed by atoms with Gasteiger partial charge in [0.15, 0.2) is 23.2 Å². The number of carbonyl (C=O) groups is 1. The zero-order chi connectivity index (χ0) is 26.4. The van der Waals surface area contributed by atoms with Gasteiger partial charge in [-0.15, -0.1) is 0 Å². The molecule has 196 valence electrons. The fourth-order valence-corrected chi connectivity index (χ4v) is 4.82. The van der Waals surface area contributed by atoms with Gasteiger partial charge in [-0.05, 0) is 78.1 Å². The fourth-order valence-electron chi connectivity index (χ4n) is 4.82. The number of hydrogen-bond acceptors (Lipinski definition) is 3. The molecule has 0 spiro atoms. The minimum absolute atomic E-state index is 0.0326. The van der Waals surface area contributed by atoms with Gasteiger partial charge in [0.2, 0.25) is 0 Å². The molecule has 0 aliphatic heterocycles. The van der Waals surface area contributed by atoms with Crippen LogP contribution in [0, 0.1) is 23.4 Å². The first-order valence-electron chi connectivity index (χ1n) is 13.1. The normalized spacial score (nSPS) is 17.4. The fraction of sp³-hybridized carbons (Fsp3) is 0.387. The molecule has 0 amide bonds. The number of ether oxygens (including phenoxy) is 2. The molecule has 4 rings (SSSR count). The van der Waals surface area contributed by atoms with Gasteiger partial charge in [-0.25, -0.2) is 18.0 Å². The molecule has 0 unspecified atom stereocenters. The number of carbonyl (C=O) groups excluding carboxylic acids is 1. The van der Waals surface area contributed by atoms with E-state index in [1.165, 1.54) is 30.3 Å². The highest BCUT2D eigenvalue weighted by atomic mass is 19.2. The summed E-state index contributed by atoms with van der Waals surface area (Å²) in [5, 5.41) is 0. The van der Waals surface area contributed by atoms with Crippen LogP contribution in [0.15, 0.2) is 54.6 Å². The van der Waals surface area contributed by atoms with Crippen LogP contribution in [0.25, 0.3) is 11.1 Å². The lowest BCUT2D eigenvalue weighted by molar-refractivity contribution is 0.0728. The van der Waals surface area contributed by atoms with Crippen LogP contribution in [-0.4, -0.2) is 12.6 Å². The first kappa shape index (κ1) is 26.8. The van der Waals surface area contributed by atoms with Gasteiger partial charge in [-0.3, -0.25) is 0 Å². The summed E-state index contributed by atoms with van der Waals surface area (Å²) in [6.45, 7) is 4.73. The lowest BCUT2D eigenvalue weighted by Gasteiger charge is -2.27. The van der Waals surface area contributed by atoms with Crippen molar-refractivity contribution in [2.75, 3.05) is 6.61 Å². The van der Waals surface area contributed by atoms with Crippen LogP contribution < -0.4 is 9.47 Å². The Bertz CT molecular complexity index is 1220. The van der Waals surface area contributed by atoms with E-state index in [2.05, 4.69) is 13.8 Å². The molecular weight excluding hydrogens is 477 g/mol. The summed E-state index contributed by atoms with van der Waals surface area (Å²) in [7, 11) is 0. The molecular formula is C31H33F3O3. The molecule has 0 radical (unpaired) electrons. The SMILES string of the molecule is CCCCCOc1ccc(-c2ccc(OC(=O)c3ccc(C4CCC(C)CC4)c(F)c3F)cc2)cc1F. The molecule has 0 aromatic heterocycles. The highest BCUT2D eigenvalue weighted by Gasteiger charge is 2.27. The molecule has 1 fully saturated rings. The maximum absolute atomic E-state index is 14.8. The van der Waals surface area contributed by atoms with Crippen LogP contribution in [0.5, 0.6) is 11.5 Å². The van der Waals surface area contributed by atoms with Gasteiger partial charge in [0.05, 0.1) is 12.2 Å². The van der Waals surface area contributed by atoms with Gasteiger partial charge in [-0.2, -0.15) is 0 Å². The molecule has 0 bridgehead atoms. The molecule has 37 heavy (non-hydrogen) atoms. The van der Waals surface area contributed by atoms with Gasteiger partial charge >= 0.3 is 5.97 Å². The number of unbranched alkanes of at least 4 members (excludes halogenated alkanes) is 2. The summed E-state index contributed by atoms with van der Waals surface area (Å²) in [5.74, 6) is -2.61. The van der Waals surface area contributed by atoms with Crippen LogP contribution in [-0.2, 0) is 0 Å². The summed E-state index contributed by atoms with van der Waals surface area (Å²) in [4.78, 5) is 12.6. The maximum atomic E-state index is 14.8. The van der Waals surface area contributed by atoms with Crippen molar-refractivity contribution in [1.29, 1.82) is 0 Å². The predicted molar refractivity (Wildman–Crippen MR) is 139 cm³/mol. The van der Waals surface area contributed by atoms with Crippen LogP contribution in [0.1, 0.15) is 80.6 Å². The highest BCUT2D eigenvalue weighted by molar-refractivity contribution is 5.91. The minimum atomic E-state index is -1.18. The Hall–Kier alpha value is -3.28. The Morgan fingerprint density at radius 1 is 0.865 bits per heavy atom. The standard InChI is InChI=1S/C31H33F3O3/c1-3-4-5-18-36-28-17-12-23(19-27(28)32)21-10-13-24(14-11-21)37-31(35)26-16-15-25(29(33)30(26)34)22-8-6-20(2)7-9-22/h10-17,19-20,22H,3-9,18H2,1-2H3. The Labute approximate surface area is 216 Å². The van der Waals surface area contributed by atoms with Crippen LogP contribution in [0.4, 0.5) is 13.2 Å². The van der Waals surface area contributed by atoms with E-state index < -0.39 is 29.0 Å². The Balaban J connectivity index is 1.41. The second-order valence-corrected chi connectivity index (χ2v) is 9.90. The molecule has 1 aliphatic carbocycles. The van der Waals surface area contributed by atoms with Crippen molar-refractivity contribution in [3.8, 4) is 22.6 Å². The molecule has 0 saturated heterocycles. The summed E-state index contributed by atoms with van der Waals surface area (Å²) >= 11 is 0. The van der Waals surface area contributed by atoms with E-state index in [1.807, 2.05) is 0 Å². The lowest BCUT2D eigenvalue weighted by Crippen LogP contribution is -2.16. The summed E-state index contributed by atoms with van der Waals surface area (Å²) in [5.41, 5.74) is 1.23. The largest absolute Gasteiger partial charge is 0.491 e. The number of hydrogen-bond donors (Lipinski definition) is 0. The third-order valence-corrected chi connectivity index (χ3v) is 7.12. The number of rotatable bonds is 9. The molecule has 1 saturated carbocycles. The van der Waals surface area contributed by atoms with Crippen molar-refractivity contribution < 1.29 is 27.4 Å². The average molecular weight is 511 g/mol. The molecule has 3 aromatic carbocycles. The first-order chi connectivity index (χ1) is 17.9. The number of benzene rings is 3. The minimum Gasteiger partial charge on any atom is -0.491 e. The molecule has 0 atom stereocenters. The summed E-state index contributed by atoms with van der Waals surface area (Å²) in [6, 6.07) is 14.0. The second-order valence-electron chi connectivity index (χ2n) is 9.90. The average Bonchev–Trinajstić information content (AvgIpc) is 2.90. The van der Waals surface area contributed by atoms with E-state index in [9.17, 15) is 18.0 Å². The molecule has 1 aliphatic rings. The quantitative estimate of drug-likeness (QED) is 0.164. The Morgan fingerprint density at radius 3 is 2.24 bits per heavy atom. The van der Waals surface area contributed by atoms with Crippen molar-refractivity contribution >= 4 is 5.97 Å². The predicted octanol–water partition coefficient (Wildman–Crippen LogP) is 8.85. The van der Waals surface area contributed by atoms with Crippen molar-refractivity contribution in [3.05, 3.63) is 83.2 Å². The third kappa shape index (κ3) is 6.54. The molecule has 3 nitrogen and oxygen atoms in total. The monoisotopic (exact) mass is 510 g/mol. The van der Waals surface area contributed by atoms with E-state index in [4.69, 9.17) is 9.47 Å². The maximum Gasteiger partial charge on any atom is 0.346 e. The second kappa shape index (κ2) is 12.3. The van der Waals surface area contributed by atoms with Crippen molar-refractivity contribution in [2.45, 2.75) is 64.7 Å². The van der Waals surface area contributed by atoms with Crippen LogP contribution >= 0.6 is 0 Å². The molecule has 3 aromatic rings. The number of esters is 1. The van der Waals surface area contributed by atoms with Crippen molar-refractivity contribution in [3.63, 3.8) is 0 Å². The first-order valence-corrected chi connectivity index (χ1v) is 13.1. The van der Waals surface area contributed by atoms with E-state index in [-0.39, 0.29) is 17.4 Å². The van der Waals surface area contributed by atoms with Gasteiger partial charge in [-0.1, -0.05) is 63.8 Å². The van der Waals surface area contributed by atoms with E-state index in [1.54, 1.807) is 24.3 Å². The third-order valence-electron chi connectivity index (χ3n) is 7.12. The van der Waals surface area contributed by atoms with Gasteiger partial charge in [0.25, 0.3) is 0 Å². The smallest absolute Gasteiger partial charge is 0.346 e. The topological polar surface area (TPSA) is 35.5 Å². The van der Waals surface area contributed by atoms with Crippen LogP contribution in [0.2, 0.25) is 0 Å². The zero-order valence-electron chi connectivity index (χ0n) is 21.4. The Morgan fingerprint density at radius 2 is 1.57 bits per heavy atom.